The summed E-state index contributed by atoms with van der Waals surface area (Å²) in [5.74, 6) is -0.0546. The quantitative estimate of drug-likeness (QED) is 0.886. The summed E-state index contributed by atoms with van der Waals surface area (Å²) in [6, 6.07) is 8.37. The average molecular weight is 315 g/mol. The van der Waals surface area contributed by atoms with Crippen LogP contribution in [-0.4, -0.2) is 16.9 Å². The Balaban J connectivity index is 1.63. The minimum absolute atomic E-state index is 0.0546. The molecule has 1 fully saturated rings. The smallest absolute Gasteiger partial charge is 0.271 e. The van der Waals surface area contributed by atoms with Gasteiger partial charge in [-0.25, -0.2) is 4.98 Å². The largest absolute Gasteiger partial charge is 0.348 e. The van der Waals surface area contributed by atoms with E-state index in [1.807, 2.05) is 36.6 Å². The van der Waals surface area contributed by atoms with Crippen molar-refractivity contribution in [2.45, 2.75) is 45.1 Å². The maximum Gasteiger partial charge on any atom is 0.271 e. The Labute approximate surface area is 135 Å². The van der Waals surface area contributed by atoms with Gasteiger partial charge < -0.3 is 10.6 Å². The van der Waals surface area contributed by atoms with Gasteiger partial charge in [0.1, 0.15) is 5.69 Å². The summed E-state index contributed by atoms with van der Waals surface area (Å²) in [5, 5.41) is 8.95. The van der Waals surface area contributed by atoms with Crippen LogP contribution in [-0.2, 0) is 0 Å². The number of hydrogen-bond donors (Lipinski definition) is 2. The number of carbonyl (C=O) groups excluding carboxylic acids is 1. The summed E-state index contributed by atoms with van der Waals surface area (Å²) in [7, 11) is 0. The fourth-order valence-electron chi connectivity index (χ4n) is 2.77. The van der Waals surface area contributed by atoms with Gasteiger partial charge in [-0.2, -0.15) is 0 Å². The van der Waals surface area contributed by atoms with Gasteiger partial charge >= 0.3 is 0 Å². The molecule has 0 atom stereocenters. The highest BCUT2D eigenvalue weighted by Gasteiger charge is 2.18. The number of nitrogens with zero attached hydrogens (tertiary/aromatic N) is 1. The first kappa shape index (κ1) is 15.0. The van der Waals surface area contributed by atoms with Crippen molar-refractivity contribution in [2.24, 2.45) is 0 Å². The molecule has 5 heteroatoms. The van der Waals surface area contributed by atoms with E-state index in [-0.39, 0.29) is 5.91 Å². The normalized spacial score (nSPS) is 15.5. The zero-order valence-electron chi connectivity index (χ0n) is 12.8. The maximum absolute atomic E-state index is 12.3. The van der Waals surface area contributed by atoms with Crippen LogP contribution in [0.15, 0.2) is 29.6 Å². The lowest BCUT2D eigenvalue weighted by Gasteiger charge is -2.22. The van der Waals surface area contributed by atoms with Crippen LogP contribution in [0.1, 0.15) is 48.2 Å². The molecule has 1 aromatic carbocycles. The van der Waals surface area contributed by atoms with Gasteiger partial charge in [0.2, 0.25) is 0 Å². The number of nitrogens with one attached hydrogen (secondary N) is 2. The summed E-state index contributed by atoms with van der Waals surface area (Å²) in [6.07, 6.45) is 5.88. The topological polar surface area (TPSA) is 54.0 Å². The minimum Gasteiger partial charge on any atom is -0.348 e. The third-order valence-corrected chi connectivity index (χ3v) is 4.82. The number of benzene rings is 1. The van der Waals surface area contributed by atoms with Crippen LogP contribution >= 0.6 is 11.3 Å². The third kappa shape index (κ3) is 3.65. The van der Waals surface area contributed by atoms with Crippen molar-refractivity contribution in [1.29, 1.82) is 0 Å². The molecule has 2 aromatic rings. The van der Waals surface area contributed by atoms with E-state index in [1.54, 1.807) is 0 Å². The zero-order valence-corrected chi connectivity index (χ0v) is 13.6. The second-order valence-corrected chi connectivity index (χ2v) is 6.64. The first-order valence-electron chi connectivity index (χ1n) is 7.81. The molecule has 3 rings (SSSR count). The molecule has 1 aliphatic carbocycles. The van der Waals surface area contributed by atoms with Crippen LogP contribution < -0.4 is 10.6 Å². The highest BCUT2D eigenvalue weighted by atomic mass is 32.1. The number of amides is 1. The number of thiazole rings is 1. The zero-order chi connectivity index (χ0) is 15.4. The van der Waals surface area contributed by atoms with Crippen molar-refractivity contribution in [3.05, 3.63) is 40.9 Å². The summed E-state index contributed by atoms with van der Waals surface area (Å²) in [5.41, 5.74) is 2.69. The summed E-state index contributed by atoms with van der Waals surface area (Å²) < 4.78 is 0. The van der Waals surface area contributed by atoms with Gasteiger partial charge in [-0.3, -0.25) is 4.79 Å². The average Bonchev–Trinajstić information content (AvgIpc) is 2.99. The maximum atomic E-state index is 12.3. The van der Waals surface area contributed by atoms with E-state index in [2.05, 4.69) is 15.6 Å². The van der Waals surface area contributed by atoms with E-state index >= 15 is 0 Å². The monoisotopic (exact) mass is 315 g/mol. The molecule has 22 heavy (non-hydrogen) atoms. The van der Waals surface area contributed by atoms with Crippen LogP contribution in [0.3, 0.4) is 0 Å². The lowest BCUT2D eigenvalue weighted by Crippen LogP contribution is -2.36. The van der Waals surface area contributed by atoms with Crippen molar-refractivity contribution in [3.8, 4) is 0 Å². The van der Waals surface area contributed by atoms with Crippen molar-refractivity contribution in [3.63, 3.8) is 0 Å². The highest BCUT2D eigenvalue weighted by molar-refractivity contribution is 7.14. The third-order valence-electron chi connectivity index (χ3n) is 4.06. The van der Waals surface area contributed by atoms with E-state index in [9.17, 15) is 4.79 Å². The molecule has 0 aliphatic heterocycles. The Hall–Kier alpha value is -1.88. The van der Waals surface area contributed by atoms with Crippen molar-refractivity contribution >= 4 is 28.1 Å². The SMILES string of the molecule is Cc1ccccc1Nc1nc(C(=O)NC2CCCCC2)cs1. The molecule has 1 aromatic heterocycles. The van der Waals surface area contributed by atoms with Gasteiger partial charge in [-0.15, -0.1) is 11.3 Å². The summed E-state index contributed by atoms with van der Waals surface area (Å²) >= 11 is 1.46. The van der Waals surface area contributed by atoms with Crippen LogP contribution in [0, 0.1) is 6.92 Å². The van der Waals surface area contributed by atoms with E-state index in [0.29, 0.717) is 11.7 Å². The second kappa shape index (κ2) is 6.92. The molecule has 116 valence electrons. The van der Waals surface area contributed by atoms with Gasteiger partial charge in [-0.1, -0.05) is 37.5 Å². The van der Waals surface area contributed by atoms with Crippen LogP contribution in [0.2, 0.25) is 0 Å². The Kier molecular flexibility index (Phi) is 4.73. The Morgan fingerprint density at radius 3 is 2.77 bits per heavy atom. The van der Waals surface area contributed by atoms with E-state index < -0.39 is 0 Å². The number of carbonyl (C=O) groups is 1. The molecule has 0 bridgehead atoms. The molecule has 0 saturated heterocycles. The van der Waals surface area contributed by atoms with E-state index in [4.69, 9.17) is 0 Å². The van der Waals surface area contributed by atoms with Crippen molar-refractivity contribution in [2.75, 3.05) is 5.32 Å². The van der Waals surface area contributed by atoms with Gasteiger partial charge in [0, 0.05) is 17.1 Å². The van der Waals surface area contributed by atoms with Gasteiger partial charge in [0.05, 0.1) is 0 Å². The van der Waals surface area contributed by atoms with Crippen LogP contribution in [0.25, 0.3) is 0 Å². The molecular weight excluding hydrogens is 294 g/mol. The lowest BCUT2D eigenvalue weighted by atomic mass is 9.95. The molecule has 1 amide bonds. The predicted molar refractivity (Wildman–Crippen MR) is 90.9 cm³/mol. The molecule has 0 spiro atoms. The van der Waals surface area contributed by atoms with E-state index in [0.717, 1.165) is 29.2 Å². The van der Waals surface area contributed by atoms with E-state index in [1.165, 1.54) is 30.6 Å². The van der Waals surface area contributed by atoms with Crippen molar-refractivity contribution < 1.29 is 4.79 Å². The molecule has 1 aliphatic rings. The number of aromatic nitrogens is 1. The van der Waals surface area contributed by atoms with Gasteiger partial charge in [0.15, 0.2) is 5.13 Å². The summed E-state index contributed by atoms with van der Waals surface area (Å²) in [6.45, 7) is 2.05. The second-order valence-electron chi connectivity index (χ2n) is 5.79. The van der Waals surface area contributed by atoms with Crippen LogP contribution in [0.4, 0.5) is 10.8 Å². The minimum atomic E-state index is -0.0546. The fourth-order valence-corrected chi connectivity index (χ4v) is 3.47. The molecule has 1 saturated carbocycles. The molecular formula is C17H21N3OS. The molecule has 2 N–H and O–H groups in total. The first-order chi connectivity index (χ1) is 10.7. The lowest BCUT2D eigenvalue weighted by molar-refractivity contribution is 0.0923. The number of rotatable bonds is 4. The van der Waals surface area contributed by atoms with Crippen LogP contribution in [0.5, 0.6) is 0 Å². The van der Waals surface area contributed by atoms with Crippen molar-refractivity contribution in [1.82, 2.24) is 10.3 Å². The highest BCUT2D eigenvalue weighted by Crippen LogP contribution is 2.24. The number of para-hydroxylation sites is 1. The van der Waals surface area contributed by atoms with Gasteiger partial charge in [-0.05, 0) is 31.4 Å². The molecule has 4 nitrogen and oxygen atoms in total. The Morgan fingerprint density at radius 2 is 2.00 bits per heavy atom. The predicted octanol–water partition coefficient (Wildman–Crippen LogP) is 4.26. The number of anilines is 2. The Bertz CT molecular complexity index is 647. The van der Waals surface area contributed by atoms with Gasteiger partial charge in [0.25, 0.3) is 5.91 Å². The fraction of sp³-hybridized carbons (Fsp3) is 0.412. The summed E-state index contributed by atoms with van der Waals surface area (Å²) in [4.78, 5) is 16.7. The molecule has 0 radical (unpaired) electrons. The number of aryl methyl sites for hydroxylation is 1. The standard InChI is InChI=1S/C17H21N3OS/c1-12-7-5-6-10-14(12)19-17-20-15(11-22-17)16(21)18-13-8-3-2-4-9-13/h5-7,10-11,13H,2-4,8-9H2,1H3,(H,18,21)(H,19,20). The first-order valence-corrected chi connectivity index (χ1v) is 8.69. The number of hydrogen-bond acceptors (Lipinski definition) is 4. The molecule has 1 heterocycles. The molecule has 0 unspecified atom stereocenters. The Morgan fingerprint density at radius 1 is 1.23 bits per heavy atom.